The van der Waals surface area contributed by atoms with E-state index >= 15 is 0 Å². The smallest absolute Gasteiger partial charge is 0.385 e. The molecule has 4 rings (SSSR count). The van der Waals surface area contributed by atoms with E-state index in [1.54, 1.807) is 24.3 Å². The fourth-order valence-electron chi connectivity index (χ4n) is 3.40. The molecule has 0 spiro atoms. The minimum Gasteiger partial charge on any atom is -0.385 e. The SMILES string of the molecule is CC(O)c1nc(Cn2nc(-c3ccc(Cl)cc3)n(CC(O)C(F)(F)F)c2=O)nn1-c1ccccc1. The van der Waals surface area contributed by atoms with Crippen molar-refractivity contribution < 1.29 is 23.4 Å². The zero-order valence-corrected chi connectivity index (χ0v) is 19.0. The average molecular weight is 509 g/mol. The van der Waals surface area contributed by atoms with Crippen molar-refractivity contribution in [3.63, 3.8) is 0 Å². The van der Waals surface area contributed by atoms with Crippen molar-refractivity contribution in [2.24, 2.45) is 0 Å². The highest BCUT2D eigenvalue weighted by molar-refractivity contribution is 6.30. The van der Waals surface area contributed by atoms with Gasteiger partial charge in [-0.2, -0.15) is 13.2 Å². The third kappa shape index (κ3) is 5.29. The minimum atomic E-state index is -4.93. The number of benzene rings is 2. The van der Waals surface area contributed by atoms with Crippen LogP contribution in [0.4, 0.5) is 13.2 Å². The quantitative estimate of drug-likeness (QED) is 0.397. The lowest BCUT2D eigenvalue weighted by atomic mass is 10.2. The molecule has 2 atom stereocenters. The highest BCUT2D eigenvalue weighted by Gasteiger charge is 2.39. The van der Waals surface area contributed by atoms with Crippen molar-refractivity contribution >= 4 is 11.6 Å². The van der Waals surface area contributed by atoms with Crippen molar-refractivity contribution in [2.75, 3.05) is 0 Å². The minimum absolute atomic E-state index is 0.0896. The second-order valence-electron chi connectivity index (χ2n) is 7.75. The molecule has 9 nitrogen and oxygen atoms in total. The van der Waals surface area contributed by atoms with Crippen LogP contribution in [0.2, 0.25) is 5.02 Å². The predicted octanol–water partition coefficient (Wildman–Crippen LogP) is 2.97. The number of rotatable bonds is 7. The number of aliphatic hydroxyl groups is 2. The molecule has 2 N–H and O–H groups in total. The van der Waals surface area contributed by atoms with Gasteiger partial charge in [0.1, 0.15) is 12.6 Å². The van der Waals surface area contributed by atoms with E-state index in [2.05, 4.69) is 15.2 Å². The van der Waals surface area contributed by atoms with Gasteiger partial charge in [0.05, 0.1) is 12.2 Å². The molecule has 2 aromatic carbocycles. The van der Waals surface area contributed by atoms with Crippen LogP contribution in [0.25, 0.3) is 17.1 Å². The van der Waals surface area contributed by atoms with E-state index in [4.69, 9.17) is 11.6 Å². The van der Waals surface area contributed by atoms with Crippen LogP contribution in [0, 0.1) is 0 Å². The Morgan fingerprint density at radius 2 is 1.69 bits per heavy atom. The molecule has 0 aliphatic rings. The fourth-order valence-corrected chi connectivity index (χ4v) is 3.52. The van der Waals surface area contributed by atoms with E-state index < -0.39 is 30.6 Å². The van der Waals surface area contributed by atoms with Crippen LogP contribution < -0.4 is 5.69 Å². The first-order valence-corrected chi connectivity index (χ1v) is 10.8. The summed E-state index contributed by atoms with van der Waals surface area (Å²) in [7, 11) is 0. The predicted molar refractivity (Wildman–Crippen MR) is 120 cm³/mol. The van der Waals surface area contributed by atoms with E-state index in [0.29, 0.717) is 16.3 Å². The van der Waals surface area contributed by atoms with Crippen molar-refractivity contribution in [2.45, 2.75) is 38.4 Å². The Morgan fingerprint density at radius 1 is 1.03 bits per heavy atom. The Kier molecular flexibility index (Phi) is 6.79. The number of aromatic nitrogens is 6. The summed E-state index contributed by atoms with van der Waals surface area (Å²) >= 11 is 5.90. The van der Waals surface area contributed by atoms with Crippen LogP contribution in [-0.2, 0) is 13.1 Å². The molecule has 2 aromatic heterocycles. The normalized spacial score (nSPS) is 13.7. The van der Waals surface area contributed by atoms with Crippen molar-refractivity contribution in [1.82, 2.24) is 29.1 Å². The molecular formula is C22H20ClF3N6O3. The van der Waals surface area contributed by atoms with Gasteiger partial charge in [0, 0.05) is 10.6 Å². The van der Waals surface area contributed by atoms with Crippen molar-refractivity contribution in [3.05, 3.63) is 81.8 Å². The Labute approximate surface area is 201 Å². The first kappa shape index (κ1) is 24.6. The molecule has 0 bridgehead atoms. The molecule has 2 heterocycles. The molecule has 0 aliphatic carbocycles. The number of alkyl halides is 3. The first-order valence-electron chi connectivity index (χ1n) is 10.4. The second-order valence-corrected chi connectivity index (χ2v) is 8.18. The molecular weight excluding hydrogens is 489 g/mol. The summed E-state index contributed by atoms with van der Waals surface area (Å²) in [6.07, 6.45) is -8.69. The number of nitrogens with zero attached hydrogens (tertiary/aromatic N) is 6. The summed E-state index contributed by atoms with van der Waals surface area (Å²) in [6, 6.07) is 14.9. The summed E-state index contributed by atoms with van der Waals surface area (Å²) in [5, 5.41) is 28.7. The third-order valence-electron chi connectivity index (χ3n) is 5.10. The Balaban J connectivity index is 1.76. The summed E-state index contributed by atoms with van der Waals surface area (Å²) in [5.74, 6) is 0.229. The van der Waals surface area contributed by atoms with Gasteiger partial charge in [-0.3, -0.25) is 4.57 Å². The Morgan fingerprint density at radius 3 is 2.29 bits per heavy atom. The molecule has 0 amide bonds. The fraction of sp³-hybridized carbons (Fsp3) is 0.273. The molecule has 0 fully saturated rings. The molecule has 184 valence electrons. The third-order valence-corrected chi connectivity index (χ3v) is 5.35. The van der Waals surface area contributed by atoms with Crippen LogP contribution in [0.15, 0.2) is 59.4 Å². The van der Waals surface area contributed by atoms with E-state index in [9.17, 15) is 28.2 Å². The Hall–Kier alpha value is -3.48. The molecule has 2 unspecified atom stereocenters. The Bertz CT molecular complexity index is 1360. The lowest BCUT2D eigenvalue weighted by Crippen LogP contribution is -2.37. The zero-order valence-electron chi connectivity index (χ0n) is 18.3. The molecule has 13 heteroatoms. The van der Waals surface area contributed by atoms with Gasteiger partial charge in [-0.15, -0.1) is 10.2 Å². The number of hydrogen-bond acceptors (Lipinski definition) is 6. The molecule has 0 radical (unpaired) electrons. The van der Waals surface area contributed by atoms with Crippen LogP contribution in [0.5, 0.6) is 0 Å². The van der Waals surface area contributed by atoms with E-state index in [1.165, 1.54) is 35.9 Å². The molecule has 0 saturated carbocycles. The number of para-hydroxylation sites is 1. The van der Waals surface area contributed by atoms with Crippen LogP contribution >= 0.6 is 11.6 Å². The molecule has 0 saturated heterocycles. The monoisotopic (exact) mass is 508 g/mol. The van der Waals surface area contributed by atoms with E-state index in [0.717, 1.165) is 9.25 Å². The van der Waals surface area contributed by atoms with Gasteiger partial charge < -0.3 is 10.2 Å². The summed E-state index contributed by atoms with van der Waals surface area (Å²) in [4.78, 5) is 17.3. The molecule has 4 aromatic rings. The summed E-state index contributed by atoms with van der Waals surface area (Å²) < 4.78 is 42.2. The van der Waals surface area contributed by atoms with Gasteiger partial charge in [-0.1, -0.05) is 29.8 Å². The van der Waals surface area contributed by atoms with Gasteiger partial charge in [0.25, 0.3) is 0 Å². The van der Waals surface area contributed by atoms with Crippen LogP contribution in [0.3, 0.4) is 0 Å². The van der Waals surface area contributed by atoms with Crippen molar-refractivity contribution in [3.8, 4) is 17.1 Å². The zero-order chi connectivity index (χ0) is 25.3. The topological polar surface area (TPSA) is 111 Å². The first-order chi connectivity index (χ1) is 16.5. The van der Waals surface area contributed by atoms with E-state index in [-0.39, 0.29) is 24.0 Å². The highest BCUT2D eigenvalue weighted by Crippen LogP contribution is 2.24. The standard InChI is InChI=1S/C22H20ClF3N6O3/c1-13(33)19-27-18(28-32(19)16-5-3-2-4-6-16)12-31-21(35)30(11-17(34)22(24,25)26)20(29-31)14-7-9-15(23)10-8-14/h2-10,13,17,33-34H,11-12H2,1H3. The van der Waals surface area contributed by atoms with Gasteiger partial charge in [0.15, 0.2) is 23.6 Å². The maximum Gasteiger partial charge on any atom is 0.416 e. The summed E-state index contributed by atoms with van der Waals surface area (Å²) in [5.41, 5.74) is 0.0511. The average Bonchev–Trinajstić information content (AvgIpc) is 3.37. The molecule has 35 heavy (non-hydrogen) atoms. The maximum absolute atomic E-state index is 13.0. The number of halogens is 4. The maximum atomic E-state index is 13.0. The lowest BCUT2D eigenvalue weighted by molar-refractivity contribution is -0.207. The highest BCUT2D eigenvalue weighted by atomic mass is 35.5. The van der Waals surface area contributed by atoms with Gasteiger partial charge >= 0.3 is 11.9 Å². The van der Waals surface area contributed by atoms with E-state index in [1.807, 2.05) is 6.07 Å². The van der Waals surface area contributed by atoms with Crippen molar-refractivity contribution in [1.29, 1.82) is 0 Å². The second kappa shape index (κ2) is 9.64. The summed E-state index contributed by atoms with van der Waals surface area (Å²) in [6.45, 7) is 0.171. The largest absolute Gasteiger partial charge is 0.416 e. The number of aliphatic hydroxyl groups excluding tert-OH is 2. The van der Waals surface area contributed by atoms with Gasteiger partial charge in [0.2, 0.25) is 0 Å². The van der Waals surface area contributed by atoms with Crippen LogP contribution in [-0.4, -0.2) is 51.6 Å². The molecule has 0 aliphatic heterocycles. The lowest BCUT2D eigenvalue weighted by Gasteiger charge is -2.15. The van der Waals surface area contributed by atoms with Gasteiger partial charge in [-0.25, -0.2) is 19.1 Å². The van der Waals surface area contributed by atoms with Gasteiger partial charge in [-0.05, 0) is 43.3 Å². The van der Waals surface area contributed by atoms with Crippen LogP contribution in [0.1, 0.15) is 24.7 Å². The number of hydrogen-bond donors (Lipinski definition) is 2.